The molecule has 2 rings (SSSR count). The van der Waals surface area contributed by atoms with Crippen LogP contribution in [0, 0.1) is 0 Å². The topological polar surface area (TPSA) is 49.4 Å². The maximum absolute atomic E-state index is 12.4. The first kappa shape index (κ1) is 17.1. The van der Waals surface area contributed by atoms with Gasteiger partial charge in [-0.15, -0.1) is 0 Å². The summed E-state index contributed by atoms with van der Waals surface area (Å²) in [7, 11) is -5.27. The molecular formula is C14H19F3N2O2S. The van der Waals surface area contributed by atoms with E-state index in [-0.39, 0.29) is 0 Å². The van der Waals surface area contributed by atoms with Crippen LogP contribution < -0.4 is 5.32 Å². The number of nitrogens with one attached hydrogen (secondary N) is 1. The summed E-state index contributed by atoms with van der Waals surface area (Å²) < 4.78 is 59.7. The van der Waals surface area contributed by atoms with Gasteiger partial charge in [0.2, 0.25) is 0 Å². The maximum atomic E-state index is 12.4. The zero-order valence-electron chi connectivity index (χ0n) is 12.1. The summed E-state index contributed by atoms with van der Waals surface area (Å²) in [6, 6.07) is 4.67. The standard InChI is InChI=1S/C14H19F3N2O2S/c15-14(16,17)22(20,21)13-6-4-12(5-7-13)18-8-11-19-9-2-1-3-10-19/h4-7,18H,1-3,8-11H2. The first-order valence-electron chi connectivity index (χ1n) is 7.18. The number of piperidine rings is 1. The van der Waals surface area contributed by atoms with Crippen molar-refractivity contribution in [2.75, 3.05) is 31.5 Å². The molecule has 4 nitrogen and oxygen atoms in total. The van der Waals surface area contributed by atoms with Gasteiger partial charge in [-0.25, -0.2) is 8.42 Å². The monoisotopic (exact) mass is 336 g/mol. The van der Waals surface area contributed by atoms with Gasteiger partial charge in [0.25, 0.3) is 9.84 Å². The third-order valence-corrected chi connectivity index (χ3v) is 5.18. The summed E-state index contributed by atoms with van der Waals surface area (Å²) in [4.78, 5) is 1.60. The summed E-state index contributed by atoms with van der Waals surface area (Å²) in [6.07, 6.45) is 3.66. The molecule has 0 atom stereocenters. The molecule has 0 aliphatic carbocycles. The van der Waals surface area contributed by atoms with Gasteiger partial charge in [-0.05, 0) is 50.2 Å². The van der Waals surface area contributed by atoms with E-state index in [1.807, 2.05) is 0 Å². The Labute approximate surface area is 128 Å². The highest BCUT2D eigenvalue weighted by atomic mass is 32.2. The smallest absolute Gasteiger partial charge is 0.384 e. The molecule has 1 aliphatic heterocycles. The Bertz CT molecular complexity index is 579. The molecule has 8 heteroatoms. The lowest BCUT2D eigenvalue weighted by atomic mass is 10.1. The van der Waals surface area contributed by atoms with Crippen LogP contribution in [0.25, 0.3) is 0 Å². The quantitative estimate of drug-likeness (QED) is 0.898. The van der Waals surface area contributed by atoms with Gasteiger partial charge >= 0.3 is 5.51 Å². The number of hydrogen-bond donors (Lipinski definition) is 1. The van der Waals surface area contributed by atoms with Gasteiger partial charge in [-0.2, -0.15) is 13.2 Å². The molecule has 1 N–H and O–H groups in total. The number of likely N-dealkylation sites (tertiary alicyclic amines) is 1. The third kappa shape index (κ3) is 4.13. The molecule has 0 aromatic heterocycles. The van der Waals surface area contributed by atoms with Crippen molar-refractivity contribution >= 4 is 15.5 Å². The molecule has 1 aromatic rings. The number of nitrogens with zero attached hydrogens (tertiary/aromatic N) is 1. The Hall–Kier alpha value is -1.28. The minimum absolute atomic E-state index is 0.609. The van der Waals surface area contributed by atoms with E-state index in [2.05, 4.69) is 10.2 Å². The minimum atomic E-state index is -5.27. The first-order chi connectivity index (χ1) is 10.3. The average molecular weight is 336 g/mol. The Balaban J connectivity index is 1.89. The van der Waals surface area contributed by atoms with E-state index in [0.29, 0.717) is 12.2 Å². The third-order valence-electron chi connectivity index (χ3n) is 3.68. The van der Waals surface area contributed by atoms with E-state index in [0.717, 1.165) is 31.8 Å². The summed E-state index contributed by atoms with van der Waals surface area (Å²) >= 11 is 0. The van der Waals surface area contributed by atoms with Crippen LogP contribution in [0.3, 0.4) is 0 Å². The Morgan fingerprint density at radius 3 is 2.18 bits per heavy atom. The molecule has 0 amide bonds. The van der Waals surface area contributed by atoms with Crippen molar-refractivity contribution in [3.05, 3.63) is 24.3 Å². The Morgan fingerprint density at radius 1 is 1.05 bits per heavy atom. The molecule has 1 aliphatic rings. The van der Waals surface area contributed by atoms with Crippen LogP contribution in [0.1, 0.15) is 19.3 Å². The summed E-state index contributed by atoms with van der Waals surface area (Å²) in [5.41, 5.74) is -4.66. The van der Waals surface area contributed by atoms with E-state index < -0.39 is 20.2 Å². The van der Waals surface area contributed by atoms with Gasteiger partial charge in [0.15, 0.2) is 0 Å². The molecule has 0 radical (unpaired) electrons. The molecule has 0 unspecified atom stereocenters. The molecule has 1 fully saturated rings. The number of alkyl halides is 3. The fraction of sp³-hybridized carbons (Fsp3) is 0.571. The van der Waals surface area contributed by atoms with Crippen molar-refractivity contribution in [3.63, 3.8) is 0 Å². The van der Waals surface area contributed by atoms with E-state index in [9.17, 15) is 21.6 Å². The zero-order valence-corrected chi connectivity index (χ0v) is 12.9. The maximum Gasteiger partial charge on any atom is 0.501 e. The number of benzene rings is 1. The van der Waals surface area contributed by atoms with Crippen molar-refractivity contribution in [1.82, 2.24) is 4.90 Å². The Kier molecular flexibility index (Phi) is 5.33. The summed E-state index contributed by atoms with van der Waals surface area (Å²) in [5, 5.41) is 3.09. The van der Waals surface area contributed by atoms with E-state index >= 15 is 0 Å². The van der Waals surface area contributed by atoms with Crippen molar-refractivity contribution in [2.45, 2.75) is 29.7 Å². The normalized spacial score (nSPS) is 17.4. The number of anilines is 1. The number of rotatable bonds is 5. The molecule has 1 heterocycles. The lowest BCUT2D eigenvalue weighted by Gasteiger charge is -2.26. The second-order valence-electron chi connectivity index (χ2n) is 5.30. The van der Waals surface area contributed by atoms with Gasteiger partial charge in [0.05, 0.1) is 4.90 Å². The SMILES string of the molecule is O=S(=O)(c1ccc(NCCN2CCCCC2)cc1)C(F)(F)F. The van der Waals surface area contributed by atoms with Crippen LogP contribution in [0.15, 0.2) is 29.2 Å². The van der Waals surface area contributed by atoms with Crippen molar-refractivity contribution < 1.29 is 21.6 Å². The van der Waals surface area contributed by atoms with Crippen LogP contribution in [0.2, 0.25) is 0 Å². The van der Waals surface area contributed by atoms with E-state index in [4.69, 9.17) is 0 Å². The summed E-state index contributed by atoms with van der Waals surface area (Å²) in [5.74, 6) is 0. The van der Waals surface area contributed by atoms with Crippen molar-refractivity contribution in [1.29, 1.82) is 0 Å². The highest BCUT2D eigenvalue weighted by Gasteiger charge is 2.46. The van der Waals surface area contributed by atoms with Gasteiger partial charge in [-0.1, -0.05) is 6.42 Å². The molecule has 0 spiro atoms. The fourth-order valence-corrected chi connectivity index (χ4v) is 3.19. The zero-order chi connectivity index (χ0) is 16.2. The second kappa shape index (κ2) is 6.87. The predicted molar refractivity (Wildman–Crippen MR) is 78.5 cm³/mol. The number of halogens is 3. The molecular weight excluding hydrogens is 317 g/mol. The highest BCUT2D eigenvalue weighted by molar-refractivity contribution is 7.92. The predicted octanol–water partition coefficient (Wildman–Crippen LogP) is 2.88. The van der Waals surface area contributed by atoms with Crippen LogP contribution in [-0.2, 0) is 9.84 Å². The number of hydrogen-bond acceptors (Lipinski definition) is 4. The molecule has 0 bridgehead atoms. The molecule has 1 saturated heterocycles. The molecule has 0 saturated carbocycles. The first-order valence-corrected chi connectivity index (χ1v) is 8.67. The summed E-state index contributed by atoms with van der Waals surface area (Å²) in [6.45, 7) is 3.68. The van der Waals surface area contributed by atoms with Crippen LogP contribution in [-0.4, -0.2) is 45.0 Å². The average Bonchev–Trinajstić information content (AvgIpc) is 2.48. The second-order valence-corrected chi connectivity index (χ2v) is 7.24. The fourth-order valence-electron chi connectivity index (χ4n) is 2.43. The van der Waals surface area contributed by atoms with Crippen molar-refractivity contribution in [2.24, 2.45) is 0 Å². The van der Waals surface area contributed by atoms with Crippen LogP contribution >= 0.6 is 0 Å². The molecule has 22 heavy (non-hydrogen) atoms. The lowest BCUT2D eigenvalue weighted by molar-refractivity contribution is -0.0436. The molecule has 124 valence electrons. The van der Waals surface area contributed by atoms with Gasteiger partial charge in [-0.3, -0.25) is 0 Å². The highest BCUT2D eigenvalue weighted by Crippen LogP contribution is 2.30. The Morgan fingerprint density at radius 2 is 1.64 bits per heavy atom. The van der Waals surface area contributed by atoms with Gasteiger partial charge < -0.3 is 10.2 Å². The molecule has 1 aromatic carbocycles. The van der Waals surface area contributed by atoms with Crippen molar-refractivity contribution in [3.8, 4) is 0 Å². The van der Waals surface area contributed by atoms with Gasteiger partial charge in [0, 0.05) is 18.8 Å². The minimum Gasteiger partial charge on any atom is -0.384 e. The van der Waals surface area contributed by atoms with E-state index in [1.165, 1.54) is 31.4 Å². The number of sulfone groups is 1. The largest absolute Gasteiger partial charge is 0.501 e. The van der Waals surface area contributed by atoms with Crippen LogP contribution in [0.4, 0.5) is 18.9 Å². The lowest BCUT2D eigenvalue weighted by Crippen LogP contribution is -2.33. The van der Waals surface area contributed by atoms with Crippen LogP contribution in [0.5, 0.6) is 0 Å². The van der Waals surface area contributed by atoms with E-state index in [1.54, 1.807) is 0 Å². The van der Waals surface area contributed by atoms with Gasteiger partial charge in [0.1, 0.15) is 0 Å².